The van der Waals surface area contributed by atoms with E-state index >= 15 is 0 Å². The Morgan fingerprint density at radius 1 is 1.38 bits per heavy atom. The van der Waals surface area contributed by atoms with Crippen LogP contribution in [0.3, 0.4) is 0 Å². The summed E-state index contributed by atoms with van der Waals surface area (Å²) in [4.78, 5) is 0. The van der Waals surface area contributed by atoms with Gasteiger partial charge in [0, 0.05) is 30.8 Å². The number of sulfonamides is 1. The van der Waals surface area contributed by atoms with Crippen LogP contribution < -0.4 is 4.72 Å². The van der Waals surface area contributed by atoms with E-state index in [9.17, 15) is 12.8 Å². The van der Waals surface area contributed by atoms with Crippen molar-refractivity contribution in [2.45, 2.75) is 19.1 Å². The van der Waals surface area contributed by atoms with Gasteiger partial charge in [-0.2, -0.15) is 0 Å². The first kappa shape index (κ1) is 18.3. The van der Waals surface area contributed by atoms with Gasteiger partial charge in [0.2, 0.25) is 10.0 Å². The van der Waals surface area contributed by atoms with Crippen LogP contribution in [0.15, 0.2) is 18.2 Å². The number of rotatable bonds is 8. The molecule has 0 amide bonds. The van der Waals surface area contributed by atoms with Gasteiger partial charge >= 0.3 is 0 Å². The van der Waals surface area contributed by atoms with E-state index in [1.807, 2.05) is 0 Å². The van der Waals surface area contributed by atoms with Crippen molar-refractivity contribution < 1.29 is 22.3 Å². The zero-order chi connectivity index (χ0) is 16.0. The molecule has 1 aromatic carbocycles. The number of ether oxygens (including phenoxy) is 2. The molecule has 0 heterocycles. The van der Waals surface area contributed by atoms with Crippen LogP contribution in [0.5, 0.6) is 0 Å². The van der Waals surface area contributed by atoms with Gasteiger partial charge in [-0.25, -0.2) is 17.5 Å². The average molecular weight is 340 g/mol. The second-order valence-corrected chi connectivity index (χ2v) is 6.78. The fraction of sp³-hybridized carbons (Fsp3) is 0.538. The normalized spacial score (nSPS) is 14.9. The first-order valence-electron chi connectivity index (χ1n) is 6.26. The second kappa shape index (κ2) is 8.05. The fourth-order valence-corrected chi connectivity index (χ4v) is 3.72. The molecule has 1 aromatic rings. The minimum absolute atomic E-state index is 0.114. The maximum atomic E-state index is 13.8. The van der Waals surface area contributed by atoms with E-state index in [0.717, 1.165) is 0 Å². The van der Waals surface area contributed by atoms with Crippen LogP contribution in [-0.4, -0.2) is 41.1 Å². The molecule has 21 heavy (non-hydrogen) atoms. The average Bonchev–Trinajstić information content (AvgIpc) is 2.37. The zero-order valence-electron chi connectivity index (χ0n) is 12.1. The Labute approximate surface area is 129 Å². The first-order chi connectivity index (χ1) is 9.80. The molecule has 0 aliphatic rings. The Balaban J connectivity index is 2.83. The lowest BCUT2D eigenvalue weighted by Crippen LogP contribution is -2.36. The van der Waals surface area contributed by atoms with E-state index in [2.05, 4.69) is 4.72 Å². The Kier molecular flexibility index (Phi) is 7.02. The van der Waals surface area contributed by atoms with Crippen LogP contribution in [0.25, 0.3) is 0 Å². The molecule has 0 radical (unpaired) electrons. The third kappa shape index (κ3) is 5.52. The molecule has 0 spiro atoms. The quantitative estimate of drug-likeness (QED) is 0.788. The summed E-state index contributed by atoms with van der Waals surface area (Å²) >= 11 is 5.92. The monoisotopic (exact) mass is 339 g/mol. The molecule has 8 heteroatoms. The standard InChI is InChI=1S/C13H19ClFNO4S/c1-9(13-11(14)5-4-6-12(13)15)16-21(17,18)8-10(20-3)7-19-2/h4-6,9-10,16H,7-8H2,1-3H3. The number of methoxy groups -OCH3 is 2. The van der Waals surface area contributed by atoms with E-state index in [4.69, 9.17) is 21.1 Å². The Hall–Kier alpha value is -0.730. The SMILES string of the molecule is COCC(CS(=O)(=O)NC(C)c1c(F)cccc1Cl)OC. The molecule has 120 valence electrons. The molecular formula is C13H19ClFNO4S. The van der Waals surface area contributed by atoms with Gasteiger partial charge in [-0.15, -0.1) is 0 Å². The molecule has 0 aliphatic heterocycles. The van der Waals surface area contributed by atoms with Crippen LogP contribution in [0.4, 0.5) is 4.39 Å². The van der Waals surface area contributed by atoms with Gasteiger partial charge in [-0.05, 0) is 19.1 Å². The second-order valence-electron chi connectivity index (χ2n) is 4.57. The third-order valence-corrected chi connectivity index (χ3v) is 4.73. The highest BCUT2D eigenvalue weighted by Crippen LogP contribution is 2.26. The highest BCUT2D eigenvalue weighted by atomic mass is 35.5. The molecule has 0 aromatic heterocycles. The summed E-state index contributed by atoms with van der Waals surface area (Å²) in [6.07, 6.45) is -0.601. The van der Waals surface area contributed by atoms with Gasteiger partial charge in [0.25, 0.3) is 0 Å². The predicted molar refractivity (Wildman–Crippen MR) is 79.4 cm³/mol. The molecular weight excluding hydrogens is 321 g/mol. The van der Waals surface area contributed by atoms with Crippen molar-refractivity contribution in [3.05, 3.63) is 34.6 Å². The highest BCUT2D eigenvalue weighted by molar-refractivity contribution is 7.89. The zero-order valence-corrected chi connectivity index (χ0v) is 13.7. The summed E-state index contributed by atoms with van der Waals surface area (Å²) in [7, 11) is -0.825. The van der Waals surface area contributed by atoms with Crippen molar-refractivity contribution in [3.63, 3.8) is 0 Å². The van der Waals surface area contributed by atoms with Gasteiger partial charge in [-0.3, -0.25) is 0 Å². The van der Waals surface area contributed by atoms with Crippen LogP contribution in [-0.2, 0) is 19.5 Å². The van der Waals surface area contributed by atoms with Crippen LogP contribution in [0, 0.1) is 5.82 Å². The fourth-order valence-electron chi connectivity index (χ4n) is 1.92. The molecule has 0 aliphatic carbocycles. The molecule has 0 saturated heterocycles. The van der Waals surface area contributed by atoms with Gasteiger partial charge in [0.1, 0.15) is 5.82 Å². The largest absolute Gasteiger partial charge is 0.382 e. The summed E-state index contributed by atoms with van der Waals surface area (Å²) in [6.45, 7) is 1.67. The number of hydrogen-bond donors (Lipinski definition) is 1. The minimum atomic E-state index is -3.68. The lowest BCUT2D eigenvalue weighted by Gasteiger charge is -2.19. The topological polar surface area (TPSA) is 64.6 Å². The smallest absolute Gasteiger partial charge is 0.214 e. The molecule has 1 rings (SSSR count). The summed E-state index contributed by atoms with van der Waals surface area (Å²) in [5.74, 6) is -0.841. The van der Waals surface area contributed by atoms with Crippen molar-refractivity contribution >= 4 is 21.6 Å². The highest BCUT2D eigenvalue weighted by Gasteiger charge is 2.24. The van der Waals surface area contributed by atoms with Gasteiger partial charge < -0.3 is 9.47 Å². The predicted octanol–water partition coefficient (Wildman–Crippen LogP) is 2.12. The number of nitrogens with one attached hydrogen (secondary N) is 1. The van der Waals surface area contributed by atoms with Crippen molar-refractivity contribution in [3.8, 4) is 0 Å². The van der Waals surface area contributed by atoms with Gasteiger partial charge in [-0.1, -0.05) is 17.7 Å². The van der Waals surface area contributed by atoms with E-state index < -0.39 is 28.0 Å². The van der Waals surface area contributed by atoms with E-state index in [0.29, 0.717) is 0 Å². The van der Waals surface area contributed by atoms with Crippen LogP contribution in [0.2, 0.25) is 5.02 Å². The molecule has 0 saturated carbocycles. The van der Waals surface area contributed by atoms with Crippen LogP contribution in [0.1, 0.15) is 18.5 Å². The first-order valence-corrected chi connectivity index (χ1v) is 8.29. The van der Waals surface area contributed by atoms with E-state index in [-0.39, 0.29) is 22.9 Å². The maximum Gasteiger partial charge on any atom is 0.214 e. The van der Waals surface area contributed by atoms with Crippen molar-refractivity contribution in [1.29, 1.82) is 0 Å². The molecule has 0 bridgehead atoms. The van der Waals surface area contributed by atoms with Crippen LogP contribution >= 0.6 is 11.6 Å². The summed E-state index contributed by atoms with van der Waals surface area (Å²) in [5.41, 5.74) is 0.114. The molecule has 1 N–H and O–H groups in total. The lowest BCUT2D eigenvalue weighted by atomic mass is 10.1. The summed E-state index contributed by atoms with van der Waals surface area (Å²) in [5, 5.41) is 0.172. The van der Waals surface area contributed by atoms with E-state index in [1.54, 1.807) is 0 Å². The Morgan fingerprint density at radius 2 is 2.05 bits per heavy atom. The van der Waals surface area contributed by atoms with Crippen molar-refractivity contribution in [1.82, 2.24) is 4.72 Å². The van der Waals surface area contributed by atoms with Gasteiger partial charge in [0.05, 0.1) is 18.5 Å². The molecule has 0 fully saturated rings. The molecule has 2 unspecified atom stereocenters. The van der Waals surface area contributed by atoms with E-state index in [1.165, 1.54) is 39.3 Å². The Morgan fingerprint density at radius 3 is 2.57 bits per heavy atom. The maximum absolute atomic E-state index is 13.8. The summed E-state index contributed by atoms with van der Waals surface area (Å²) < 4.78 is 50.2. The molecule has 2 atom stereocenters. The third-order valence-electron chi connectivity index (χ3n) is 2.88. The number of benzene rings is 1. The number of hydrogen-bond acceptors (Lipinski definition) is 4. The van der Waals surface area contributed by atoms with Crippen molar-refractivity contribution in [2.24, 2.45) is 0 Å². The van der Waals surface area contributed by atoms with Crippen molar-refractivity contribution in [2.75, 3.05) is 26.6 Å². The number of halogens is 2. The minimum Gasteiger partial charge on any atom is -0.382 e. The molecule has 5 nitrogen and oxygen atoms in total. The Bertz CT molecular complexity index is 547. The lowest BCUT2D eigenvalue weighted by molar-refractivity contribution is 0.0418. The summed E-state index contributed by atoms with van der Waals surface area (Å²) in [6, 6.07) is 3.41. The van der Waals surface area contributed by atoms with Gasteiger partial charge in [0.15, 0.2) is 0 Å².